The van der Waals surface area contributed by atoms with Crippen molar-refractivity contribution in [3.63, 3.8) is 0 Å². The van der Waals surface area contributed by atoms with Gasteiger partial charge < -0.3 is 42.9 Å². The number of hydrogen-bond acceptors (Lipinski definition) is 0. The molecule has 26 heavy (non-hydrogen) atoms. The maximum Gasteiger partial charge on any atom is 0.0784 e. The lowest BCUT2D eigenvalue weighted by atomic mass is 10.0. The van der Waals surface area contributed by atoms with E-state index in [0.717, 1.165) is 0 Å². The summed E-state index contributed by atoms with van der Waals surface area (Å²) < 4.78 is 2.74. The van der Waals surface area contributed by atoms with Gasteiger partial charge in [0.2, 0.25) is 0 Å². The fraction of sp³-hybridized carbons (Fsp3) is 1.00. The molecule has 2 aliphatic heterocycles. The Morgan fingerprint density at radius 2 is 0.692 bits per heavy atom. The molecule has 0 radical (unpaired) electrons. The summed E-state index contributed by atoms with van der Waals surface area (Å²) in [6.45, 7) is 8.63. The Bertz CT molecular complexity index is 288. The number of quaternary nitrogens is 2. The van der Waals surface area contributed by atoms with Gasteiger partial charge in [-0.3, -0.25) is 0 Å². The van der Waals surface area contributed by atoms with Gasteiger partial charge in [0.1, 0.15) is 0 Å². The molecule has 0 spiro atoms. The van der Waals surface area contributed by atoms with E-state index in [1.54, 1.807) is 0 Å². The molecule has 2 heterocycles. The van der Waals surface area contributed by atoms with Crippen molar-refractivity contribution in [2.24, 2.45) is 0 Å². The molecule has 158 valence electrons. The summed E-state index contributed by atoms with van der Waals surface area (Å²) in [5.74, 6) is 0. The highest BCUT2D eigenvalue weighted by molar-refractivity contribution is 4.54. The van der Waals surface area contributed by atoms with Crippen LogP contribution in [-0.4, -0.2) is 62.3 Å². The van der Waals surface area contributed by atoms with Gasteiger partial charge in [-0.05, 0) is 77.0 Å². The van der Waals surface area contributed by atoms with E-state index >= 15 is 0 Å². The first-order valence-corrected chi connectivity index (χ1v) is 11.3. The van der Waals surface area contributed by atoms with Gasteiger partial charge in [-0.2, -0.15) is 0 Å². The van der Waals surface area contributed by atoms with Crippen LogP contribution in [-0.2, 0) is 0 Å². The molecule has 0 unspecified atom stereocenters. The van der Waals surface area contributed by atoms with Crippen molar-refractivity contribution in [3.8, 4) is 0 Å². The summed E-state index contributed by atoms with van der Waals surface area (Å²) in [5.41, 5.74) is 0. The molecule has 0 bridgehead atoms. The van der Waals surface area contributed by atoms with Gasteiger partial charge in [0, 0.05) is 0 Å². The summed E-state index contributed by atoms with van der Waals surface area (Å²) in [4.78, 5) is 0. The predicted molar refractivity (Wildman–Crippen MR) is 106 cm³/mol. The highest BCUT2D eigenvalue weighted by atomic mass is 79.9. The molecular weight excluding hydrogens is 452 g/mol. The first-order chi connectivity index (χ1) is 11.6. The Labute approximate surface area is 185 Å². The predicted octanol–water partition coefficient (Wildman–Crippen LogP) is -0.624. The Balaban J connectivity index is 0.00000312. The van der Waals surface area contributed by atoms with Crippen molar-refractivity contribution in [2.45, 2.75) is 89.9 Å². The SMILES string of the molecule is C[N+]1(CCCCCC[N+]2(C)CCCCCCC2)CCCCCCC1.[Br-].[Br-]. The van der Waals surface area contributed by atoms with Crippen LogP contribution in [0.3, 0.4) is 0 Å². The van der Waals surface area contributed by atoms with E-state index in [9.17, 15) is 0 Å². The van der Waals surface area contributed by atoms with Crippen LogP contribution in [0.1, 0.15) is 89.9 Å². The second kappa shape index (κ2) is 14.8. The molecular formula is C22H46Br2N2. The molecule has 0 N–H and O–H groups in total. The Morgan fingerprint density at radius 1 is 0.423 bits per heavy atom. The molecule has 4 heteroatoms. The van der Waals surface area contributed by atoms with Crippen molar-refractivity contribution in [2.75, 3.05) is 53.4 Å². The quantitative estimate of drug-likeness (QED) is 0.324. The van der Waals surface area contributed by atoms with E-state index < -0.39 is 0 Å². The minimum Gasteiger partial charge on any atom is -1.00 e. The van der Waals surface area contributed by atoms with Crippen molar-refractivity contribution in [1.82, 2.24) is 0 Å². The molecule has 0 aromatic carbocycles. The lowest BCUT2D eigenvalue weighted by molar-refractivity contribution is -0.911. The Morgan fingerprint density at radius 3 is 1.00 bits per heavy atom. The average Bonchev–Trinajstić information content (AvgIpc) is 2.52. The molecule has 2 rings (SSSR count). The van der Waals surface area contributed by atoms with Crippen LogP contribution in [0.2, 0.25) is 0 Å². The van der Waals surface area contributed by atoms with Crippen LogP contribution < -0.4 is 34.0 Å². The van der Waals surface area contributed by atoms with Gasteiger partial charge in [0.05, 0.1) is 53.4 Å². The molecule has 2 aliphatic rings. The number of hydrogen-bond donors (Lipinski definition) is 0. The van der Waals surface area contributed by atoms with Crippen molar-refractivity contribution in [3.05, 3.63) is 0 Å². The van der Waals surface area contributed by atoms with E-state index in [2.05, 4.69) is 14.1 Å². The highest BCUT2D eigenvalue weighted by Gasteiger charge is 2.23. The van der Waals surface area contributed by atoms with Crippen molar-refractivity contribution < 1.29 is 42.9 Å². The van der Waals surface area contributed by atoms with E-state index in [4.69, 9.17) is 0 Å². The summed E-state index contributed by atoms with van der Waals surface area (Å²) in [6, 6.07) is 0. The van der Waals surface area contributed by atoms with E-state index in [-0.39, 0.29) is 34.0 Å². The normalized spacial score (nSPS) is 23.3. The Kier molecular flexibility index (Phi) is 15.3. The topological polar surface area (TPSA) is 0 Å². The molecule has 0 amide bonds. The number of halogens is 2. The third-order valence-corrected chi connectivity index (χ3v) is 6.94. The van der Waals surface area contributed by atoms with Crippen LogP contribution in [0, 0.1) is 0 Å². The summed E-state index contributed by atoms with van der Waals surface area (Å²) in [6.07, 6.45) is 20.6. The third-order valence-electron chi connectivity index (χ3n) is 6.94. The number of rotatable bonds is 7. The molecule has 0 aromatic heterocycles. The first kappa shape index (κ1) is 26.9. The largest absolute Gasteiger partial charge is 1.00 e. The van der Waals surface area contributed by atoms with Crippen LogP contribution in [0.4, 0.5) is 0 Å². The van der Waals surface area contributed by atoms with Gasteiger partial charge in [-0.15, -0.1) is 0 Å². The van der Waals surface area contributed by atoms with Crippen LogP contribution in [0.25, 0.3) is 0 Å². The van der Waals surface area contributed by atoms with Crippen molar-refractivity contribution >= 4 is 0 Å². The first-order valence-electron chi connectivity index (χ1n) is 11.3. The van der Waals surface area contributed by atoms with Crippen molar-refractivity contribution in [1.29, 1.82) is 0 Å². The van der Waals surface area contributed by atoms with Crippen LogP contribution in [0.5, 0.6) is 0 Å². The second-order valence-corrected chi connectivity index (χ2v) is 9.53. The maximum absolute atomic E-state index is 2.53. The lowest BCUT2D eigenvalue weighted by Crippen LogP contribution is -3.00. The average molecular weight is 498 g/mol. The standard InChI is InChI=1S/C22H46N2.2BrH/c1-23(17-11-5-3-6-12-18-23)21-15-9-10-16-22-24(2)19-13-7-4-8-14-20-24;;/h3-22H2,1-2H3;2*1H/q+2;;/p-2. The van der Waals surface area contributed by atoms with E-state index in [1.807, 2.05) is 0 Å². The fourth-order valence-electron chi connectivity index (χ4n) is 5.05. The van der Waals surface area contributed by atoms with Gasteiger partial charge >= 0.3 is 0 Å². The third kappa shape index (κ3) is 11.0. The van der Waals surface area contributed by atoms with E-state index in [1.165, 1.54) is 138 Å². The molecule has 0 aliphatic carbocycles. The second-order valence-electron chi connectivity index (χ2n) is 9.53. The zero-order valence-corrected chi connectivity index (χ0v) is 21.0. The maximum atomic E-state index is 2.53. The minimum atomic E-state index is 0. The molecule has 2 nitrogen and oxygen atoms in total. The van der Waals surface area contributed by atoms with E-state index in [0.29, 0.717) is 0 Å². The van der Waals surface area contributed by atoms with Gasteiger partial charge in [-0.25, -0.2) is 0 Å². The number of nitrogens with zero attached hydrogens (tertiary/aromatic N) is 2. The number of unbranched alkanes of at least 4 members (excludes halogenated alkanes) is 3. The molecule has 0 atom stereocenters. The summed E-state index contributed by atoms with van der Waals surface area (Å²) in [5, 5.41) is 0. The zero-order valence-electron chi connectivity index (χ0n) is 17.8. The van der Waals surface area contributed by atoms with Gasteiger partial charge in [-0.1, -0.05) is 12.8 Å². The van der Waals surface area contributed by atoms with Crippen LogP contribution >= 0.6 is 0 Å². The van der Waals surface area contributed by atoms with Gasteiger partial charge in [0.25, 0.3) is 0 Å². The molecule has 0 saturated carbocycles. The molecule has 2 fully saturated rings. The minimum absolute atomic E-state index is 0. The fourth-order valence-corrected chi connectivity index (χ4v) is 5.05. The van der Waals surface area contributed by atoms with Crippen LogP contribution in [0.15, 0.2) is 0 Å². The summed E-state index contributed by atoms with van der Waals surface area (Å²) in [7, 11) is 5.05. The monoisotopic (exact) mass is 496 g/mol. The summed E-state index contributed by atoms with van der Waals surface area (Å²) >= 11 is 0. The Hall–Kier alpha value is 0.880. The highest BCUT2D eigenvalue weighted by Crippen LogP contribution is 2.19. The van der Waals surface area contributed by atoms with Gasteiger partial charge in [0.15, 0.2) is 0 Å². The zero-order chi connectivity index (χ0) is 17.1. The molecule has 0 aromatic rings. The smallest absolute Gasteiger partial charge is 0.0784 e. The lowest BCUT2D eigenvalue weighted by Gasteiger charge is -2.37. The number of likely N-dealkylation sites (tertiary alicyclic amines) is 2. The molecule has 2 saturated heterocycles.